The number of hydrogen-bond donors (Lipinski definition) is 0. The van der Waals surface area contributed by atoms with Crippen LogP contribution in [-0.4, -0.2) is 22.4 Å². The molecule has 146 valence electrons. The van der Waals surface area contributed by atoms with Crippen LogP contribution in [0.15, 0.2) is 47.7 Å². The van der Waals surface area contributed by atoms with E-state index in [2.05, 4.69) is 9.88 Å². The van der Waals surface area contributed by atoms with Gasteiger partial charge < -0.3 is 9.47 Å². The number of nitrogens with zero attached hydrogens (tertiary/aromatic N) is 2. The largest absolute Gasteiger partial charge is 0.478 e. The van der Waals surface area contributed by atoms with Crippen molar-refractivity contribution in [1.29, 1.82) is 0 Å². The maximum atomic E-state index is 13.1. The molecule has 2 aliphatic heterocycles. The topological polar surface area (TPSA) is 51.7 Å². The number of Topliss-reactive ketones (excluding diaryl/α,β-unsaturated/α-hetero) is 1. The normalized spacial score (nSPS) is 17.0. The Morgan fingerprint density at radius 1 is 1.24 bits per heavy atom. The van der Waals surface area contributed by atoms with E-state index in [4.69, 9.17) is 9.47 Å². The number of carbonyl (C=O) groups excluding carboxylic acids is 1. The third-order valence-corrected chi connectivity index (χ3v) is 6.23. The van der Waals surface area contributed by atoms with E-state index in [0.29, 0.717) is 36.9 Å². The molecule has 0 amide bonds. The second-order valence-electron chi connectivity index (χ2n) is 7.36. The van der Waals surface area contributed by atoms with E-state index >= 15 is 0 Å². The van der Waals surface area contributed by atoms with E-state index < -0.39 is 0 Å². The lowest BCUT2D eigenvalue weighted by atomic mass is 9.98. The Labute approximate surface area is 173 Å². The highest BCUT2D eigenvalue weighted by Crippen LogP contribution is 2.44. The van der Waals surface area contributed by atoms with Crippen molar-refractivity contribution < 1.29 is 14.3 Å². The van der Waals surface area contributed by atoms with Crippen molar-refractivity contribution in [2.24, 2.45) is 0 Å². The summed E-state index contributed by atoms with van der Waals surface area (Å²) in [5.41, 5.74) is 4.57. The molecule has 0 spiro atoms. The van der Waals surface area contributed by atoms with Crippen molar-refractivity contribution in [1.82, 2.24) is 9.88 Å². The quantitative estimate of drug-likeness (QED) is 0.591. The van der Waals surface area contributed by atoms with Gasteiger partial charge in [0, 0.05) is 30.2 Å². The van der Waals surface area contributed by atoms with Crippen LogP contribution < -0.4 is 9.47 Å². The van der Waals surface area contributed by atoms with Crippen LogP contribution in [0, 0.1) is 13.8 Å². The zero-order chi connectivity index (χ0) is 20.0. The third kappa shape index (κ3) is 3.24. The Balaban J connectivity index is 1.49. The molecule has 0 aliphatic carbocycles. The summed E-state index contributed by atoms with van der Waals surface area (Å²) in [6.07, 6.45) is 3.64. The van der Waals surface area contributed by atoms with Gasteiger partial charge in [0.1, 0.15) is 18.2 Å². The van der Waals surface area contributed by atoms with Gasteiger partial charge in [-0.1, -0.05) is 6.07 Å². The van der Waals surface area contributed by atoms with E-state index in [1.807, 2.05) is 55.6 Å². The fourth-order valence-electron chi connectivity index (χ4n) is 3.75. The standard InChI is InChI=1S/C23H20N2O3S/c1-14-6-8-29-20(14)10-19-22(26)21-15(2)9-18-17(23(21)28-19)12-25(13-27-18)11-16-5-3-4-7-24-16/h3-10H,11-13H2,1-2H3/b19-10-. The van der Waals surface area contributed by atoms with Gasteiger partial charge >= 0.3 is 0 Å². The van der Waals surface area contributed by atoms with Crippen LogP contribution in [0.2, 0.25) is 0 Å². The molecular weight excluding hydrogens is 384 g/mol. The summed E-state index contributed by atoms with van der Waals surface area (Å²) < 4.78 is 12.1. The number of ketones is 1. The average molecular weight is 404 g/mol. The van der Waals surface area contributed by atoms with E-state index in [9.17, 15) is 4.79 Å². The molecule has 0 saturated carbocycles. The Bertz CT molecular complexity index is 1130. The highest BCUT2D eigenvalue weighted by Gasteiger charge is 2.35. The van der Waals surface area contributed by atoms with Crippen LogP contribution in [0.1, 0.15) is 37.6 Å². The van der Waals surface area contributed by atoms with Crippen molar-refractivity contribution in [2.75, 3.05) is 6.73 Å². The average Bonchev–Trinajstić information content (AvgIpc) is 3.27. The number of hydrogen-bond acceptors (Lipinski definition) is 6. The lowest BCUT2D eigenvalue weighted by Crippen LogP contribution is -2.32. The van der Waals surface area contributed by atoms with E-state index in [1.54, 1.807) is 17.5 Å². The number of fused-ring (bicyclic) bond motifs is 3. The lowest BCUT2D eigenvalue weighted by molar-refractivity contribution is 0.0861. The maximum absolute atomic E-state index is 13.1. The fraction of sp³-hybridized carbons (Fsp3) is 0.217. The van der Waals surface area contributed by atoms with Crippen molar-refractivity contribution >= 4 is 23.2 Å². The zero-order valence-electron chi connectivity index (χ0n) is 16.3. The molecule has 29 heavy (non-hydrogen) atoms. The molecule has 0 radical (unpaired) electrons. The highest BCUT2D eigenvalue weighted by molar-refractivity contribution is 7.11. The molecule has 6 heteroatoms. The summed E-state index contributed by atoms with van der Waals surface area (Å²) in [5.74, 6) is 1.75. The molecule has 0 saturated heterocycles. The summed E-state index contributed by atoms with van der Waals surface area (Å²) in [7, 11) is 0. The minimum absolute atomic E-state index is 0.0602. The molecule has 4 heterocycles. The Hall–Kier alpha value is -2.96. The van der Waals surface area contributed by atoms with Gasteiger partial charge in [0.2, 0.25) is 5.78 Å². The van der Waals surface area contributed by atoms with E-state index in [-0.39, 0.29) is 5.78 Å². The van der Waals surface area contributed by atoms with Gasteiger partial charge in [-0.15, -0.1) is 11.3 Å². The molecule has 0 atom stereocenters. The third-order valence-electron chi connectivity index (χ3n) is 5.26. The number of pyridine rings is 1. The highest BCUT2D eigenvalue weighted by atomic mass is 32.1. The first-order valence-electron chi connectivity index (χ1n) is 9.50. The number of thiophene rings is 1. The van der Waals surface area contributed by atoms with Crippen molar-refractivity contribution in [3.05, 3.63) is 80.5 Å². The molecule has 1 aromatic carbocycles. The first kappa shape index (κ1) is 18.1. The van der Waals surface area contributed by atoms with Gasteiger partial charge in [-0.05, 0) is 54.6 Å². The summed E-state index contributed by atoms with van der Waals surface area (Å²) in [6, 6.07) is 9.88. The van der Waals surface area contributed by atoms with Gasteiger partial charge in [0.05, 0.1) is 16.8 Å². The Morgan fingerprint density at radius 2 is 2.14 bits per heavy atom. The molecule has 0 bridgehead atoms. The van der Waals surface area contributed by atoms with Crippen LogP contribution in [0.25, 0.3) is 6.08 Å². The van der Waals surface area contributed by atoms with Crippen LogP contribution in [0.4, 0.5) is 0 Å². The molecular formula is C23H20N2O3S. The first-order valence-corrected chi connectivity index (χ1v) is 10.4. The second kappa shape index (κ2) is 7.13. The smallest absolute Gasteiger partial charge is 0.232 e. The number of aromatic nitrogens is 1. The van der Waals surface area contributed by atoms with E-state index in [0.717, 1.165) is 33.0 Å². The predicted molar refractivity (Wildman–Crippen MR) is 112 cm³/mol. The molecule has 3 aromatic rings. The SMILES string of the molecule is Cc1ccsc1/C=C1\Oc2c3c(cc(C)c2C1=O)OCN(Cc1ccccn1)C3. The molecule has 0 fully saturated rings. The monoisotopic (exact) mass is 404 g/mol. The van der Waals surface area contributed by atoms with Gasteiger partial charge in [-0.2, -0.15) is 0 Å². The maximum Gasteiger partial charge on any atom is 0.232 e. The van der Waals surface area contributed by atoms with Crippen molar-refractivity contribution in [3.8, 4) is 11.5 Å². The fourth-order valence-corrected chi connectivity index (χ4v) is 4.60. The van der Waals surface area contributed by atoms with Crippen molar-refractivity contribution in [2.45, 2.75) is 26.9 Å². The first-order chi connectivity index (χ1) is 14.1. The molecule has 5 rings (SSSR count). The zero-order valence-corrected chi connectivity index (χ0v) is 17.1. The van der Waals surface area contributed by atoms with Crippen LogP contribution >= 0.6 is 11.3 Å². The second-order valence-corrected chi connectivity index (χ2v) is 8.31. The summed E-state index contributed by atoms with van der Waals surface area (Å²) in [5, 5.41) is 2.02. The number of aryl methyl sites for hydroxylation is 2. The number of carbonyl (C=O) groups is 1. The number of allylic oxidation sites excluding steroid dienone is 1. The summed E-state index contributed by atoms with van der Waals surface area (Å²) in [4.78, 5) is 20.7. The van der Waals surface area contributed by atoms with Crippen LogP contribution in [0.5, 0.6) is 11.5 Å². The number of benzene rings is 1. The van der Waals surface area contributed by atoms with Crippen LogP contribution in [0.3, 0.4) is 0 Å². The lowest BCUT2D eigenvalue weighted by Gasteiger charge is -2.29. The minimum Gasteiger partial charge on any atom is -0.478 e. The van der Waals surface area contributed by atoms with Gasteiger partial charge in [0.15, 0.2) is 5.76 Å². The summed E-state index contributed by atoms with van der Waals surface area (Å²) >= 11 is 1.60. The Kier molecular flexibility index (Phi) is 4.45. The number of ether oxygens (including phenoxy) is 2. The van der Waals surface area contributed by atoms with Crippen molar-refractivity contribution in [3.63, 3.8) is 0 Å². The van der Waals surface area contributed by atoms with Gasteiger partial charge in [0.25, 0.3) is 0 Å². The Morgan fingerprint density at radius 3 is 2.90 bits per heavy atom. The molecule has 2 aromatic heterocycles. The number of rotatable bonds is 3. The van der Waals surface area contributed by atoms with Crippen LogP contribution in [-0.2, 0) is 13.1 Å². The predicted octanol–water partition coefficient (Wildman–Crippen LogP) is 4.73. The molecule has 2 aliphatic rings. The summed E-state index contributed by atoms with van der Waals surface area (Å²) in [6.45, 7) is 5.77. The van der Waals surface area contributed by atoms with E-state index in [1.165, 1.54) is 0 Å². The molecule has 0 unspecified atom stereocenters. The van der Waals surface area contributed by atoms with Gasteiger partial charge in [-0.3, -0.25) is 14.7 Å². The molecule has 0 N–H and O–H groups in total. The molecule has 5 nitrogen and oxygen atoms in total. The van der Waals surface area contributed by atoms with Gasteiger partial charge in [-0.25, -0.2) is 0 Å². The minimum atomic E-state index is -0.0602.